The van der Waals surface area contributed by atoms with Crippen LogP contribution in [0.5, 0.6) is 0 Å². The number of likely N-dealkylation sites (tertiary alicyclic amines) is 1. The van der Waals surface area contributed by atoms with Crippen LogP contribution in [0.1, 0.15) is 44.0 Å². The van der Waals surface area contributed by atoms with Gasteiger partial charge in [0, 0.05) is 6.54 Å². The molecule has 2 aliphatic rings. The van der Waals surface area contributed by atoms with E-state index in [-0.39, 0.29) is 6.04 Å². The number of nitrogens with zero attached hydrogens (tertiary/aromatic N) is 3. The van der Waals surface area contributed by atoms with Crippen LogP contribution >= 0.6 is 0 Å². The monoisotopic (exact) mass is 363 g/mol. The Labute approximate surface area is 150 Å². The minimum Gasteiger partial charge on any atom is -0.389 e. The zero-order valence-electron chi connectivity index (χ0n) is 14.6. The van der Waals surface area contributed by atoms with Gasteiger partial charge in [-0.25, -0.2) is 13.8 Å². The highest BCUT2D eigenvalue weighted by Crippen LogP contribution is 2.38. The molecule has 0 radical (unpaired) electrons. The maximum absolute atomic E-state index is 13.2. The molecule has 1 saturated heterocycles. The Morgan fingerprint density at radius 2 is 2.04 bits per heavy atom. The predicted molar refractivity (Wildman–Crippen MR) is 94.4 cm³/mol. The van der Waals surface area contributed by atoms with Gasteiger partial charge >= 0.3 is 0 Å². The van der Waals surface area contributed by atoms with Gasteiger partial charge in [0.1, 0.15) is 5.82 Å². The van der Waals surface area contributed by atoms with Crippen LogP contribution in [0.15, 0.2) is 29.1 Å². The van der Waals surface area contributed by atoms with Crippen molar-refractivity contribution in [1.82, 2.24) is 14.5 Å². The average molecular weight is 363 g/mol. The Hall–Kier alpha value is -1.86. The van der Waals surface area contributed by atoms with Gasteiger partial charge in [0.2, 0.25) is 0 Å². The number of hydrogen-bond acceptors (Lipinski definition) is 4. The van der Waals surface area contributed by atoms with Crippen LogP contribution in [0.2, 0.25) is 0 Å². The molecule has 0 bridgehead atoms. The first kappa shape index (κ1) is 17.5. The van der Waals surface area contributed by atoms with Gasteiger partial charge in [0.25, 0.3) is 12.0 Å². The molecule has 1 N–H and O–H groups in total. The third kappa shape index (κ3) is 3.14. The molecule has 4 rings (SSSR count). The molecule has 7 heteroatoms. The Kier molecular flexibility index (Phi) is 4.52. The number of halogens is 2. The Bertz CT molecular complexity index is 863. The summed E-state index contributed by atoms with van der Waals surface area (Å²) < 4.78 is 27.5. The number of hydrogen-bond donors (Lipinski definition) is 1. The number of para-hydroxylation sites is 1. The highest BCUT2D eigenvalue weighted by Gasteiger charge is 2.40. The van der Waals surface area contributed by atoms with Crippen molar-refractivity contribution < 1.29 is 13.9 Å². The summed E-state index contributed by atoms with van der Waals surface area (Å²) in [4.78, 5) is 19.5. The normalized spacial score (nSPS) is 22.8. The fourth-order valence-corrected chi connectivity index (χ4v) is 4.18. The zero-order chi connectivity index (χ0) is 18.3. The van der Waals surface area contributed by atoms with Crippen LogP contribution in [0, 0.1) is 0 Å². The summed E-state index contributed by atoms with van der Waals surface area (Å²) >= 11 is 0. The van der Waals surface area contributed by atoms with Crippen LogP contribution in [0.25, 0.3) is 10.9 Å². The lowest BCUT2D eigenvalue weighted by molar-refractivity contribution is -0.0621. The number of benzene rings is 1. The molecule has 26 heavy (non-hydrogen) atoms. The minimum atomic E-state index is -2.62. The average Bonchev–Trinajstić information content (AvgIpc) is 3.03. The zero-order valence-corrected chi connectivity index (χ0v) is 14.6. The first-order chi connectivity index (χ1) is 12.5. The largest absolute Gasteiger partial charge is 0.389 e. The van der Waals surface area contributed by atoms with E-state index in [1.54, 1.807) is 24.3 Å². The van der Waals surface area contributed by atoms with E-state index < -0.39 is 24.1 Å². The van der Waals surface area contributed by atoms with E-state index in [4.69, 9.17) is 0 Å². The number of aromatic nitrogens is 2. The van der Waals surface area contributed by atoms with Gasteiger partial charge in [0.05, 0.1) is 29.1 Å². The van der Waals surface area contributed by atoms with E-state index in [1.165, 1.54) is 0 Å². The summed E-state index contributed by atoms with van der Waals surface area (Å²) in [6.07, 6.45) is 1.58. The number of β-amino-alcohol motifs (C(OH)–C–C–N with tert-alkyl or cyclic N) is 1. The standard InChI is InChI=1S/C19H23F2N3O2/c20-16(21)11-24-17(22-14-6-2-1-5-13(14)18(24)25)15-7-3-10-23(15)12-19(26)8-4-9-19/h1-2,5-6,15-16,26H,3-4,7-12H2. The molecule has 5 nitrogen and oxygen atoms in total. The van der Waals surface area contributed by atoms with Crippen LogP contribution < -0.4 is 5.56 Å². The van der Waals surface area contributed by atoms with Crippen molar-refractivity contribution in [3.05, 3.63) is 40.4 Å². The topological polar surface area (TPSA) is 58.4 Å². The maximum Gasteiger partial charge on any atom is 0.261 e. The van der Waals surface area contributed by atoms with Crippen molar-refractivity contribution in [2.24, 2.45) is 0 Å². The smallest absolute Gasteiger partial charge is 0.261 e. The van der Waals surface area contributed by atoms with Gasteiger partial charge < -0.3 is 5.11 Å². The molecular weight excluding hydrogens is 340 g/mol. The van der Waals surface area contributed by atoms with Crippen LogP contribution in [-0.2, 0) is 6.54 Å². The molecule has 1 aromatic carbocycles. The summed E-state index contributed by atoms with van der Waals surface area (Å²) in [7, 11) is 0. The van der Waals surface area contributed by atoms with Gasteiger partial charge in [-0.2, -0.15) is 0 Å². The highest BCUT2D eigenvalue weighted by molar-refractivity contribution is 5.77. The lowest BCUT2D eigenvalue weighted by atomic mass is 9.80. The van der Waals surface area contributed by atoms with Crippen molar-refractivity contribution in [3.8, 4) is 0 Å². The maximum atomic E-state index is 13.2. The molecule has 2 heterocycles. The molecule has 1 aliphatic carbocycles. The number of fused-ring (bicyclic) bond motifs is 1. The van der Waals surface area contributed by atoms with Crippen molar-refractivity contribution in [1.29, 1.82) is 0 Å². The van der Waals surface area contributed by atoms with Gasteiger partial charge in [-0.1, -0.05) is 12.1 Å². The lowest BCUT2D eigenvalue weighted by Crippen LogP contribution is -2.48. The molecule has 140 valence electrons. The fraction of sp³-hybridized carbons (Fsp3) is 0.579. The van der Waals surface area contributed by atoms with Gasteiger partial charge in [-0.3, -0.25) is 14.3 Å². The Morgan fingerprint density at radius 1 is 1.27 bits per heavy atom. The van der Waals surface area contributed by atoms with E-state index in [9.17, 15) is 18.7 Å². The Balaban J connectivity index is 1.77. The van der Waals surface area contributed by atoms with Crippen molar-refractivity contribution in [2.75, 3.05) is 13.1 Å². The van der Waals surface area contributed by atoms with E-state index in [2.05, 4.69) is 9.88 Å². The third-order valence-electron chi connectivity index (χ3n) is 5.66. The van der Waals surface area contributed by atoms with E-state index >= 15 is 0 Å². The van der Waals surface area contributed by atoms with Crippen molar-refractivity contribution in [3.63, 3.8) is 0 Å². The fourth-order valence-electron chi connectivity index (χ4n) is 4.18. The molecule has 0 spiro atoms. The van der Waals surface area contributed by atoms with E-state index in [0.29, 0.717) is 23.3 Å². The molecule has 1 unspecified atom stereocenters. The second-order valence-corrected chi connectivity index (χ2v) is 7.50. The van der Waals surface area contributed by atoms with Crippen LogP contribution in [-0.4, -0.2) is 44.7 Å². The molecule has 0 amide bonds. The summed E-state index contributed by atoms with van der Waals surface area (Å²) in [6, 6.07) is 6.66. The first-order valence-electron chi connectivity index (χ1n) is 9.21. The van der Waals surface area contributed by atoms with Crippen LogP contribution in [0.4, 0.5) is 8.78 Å². The summed E-state index contributed by atoms with van der Waals surface area (Å²) in [6.45, 7) is 0.639. The molecule has 1 atom stereocenters. The molecule has 1 aliphatic heterocycles. The van der Waals surface area contributed by atoms with E-state index in [1.807, 2.05) is 0 Å². The SMILES string of the molecule is O=c1c2ccccc2nc(C2CCCN2CC2(O)CCC2)n1CC(F)F. The highest BCUT2D eigenvalue weighted by atomic mass is 19.3. The van der Waals surface area contributed by atoms with Crippen LogP contribution in [0.3, 0.4) is 0 Å². The van der Waals surface area contributed by atoms with Gasteiger partial charge in [-0.15, -0.1) is 0 Å². The molecule has 1 saturated carbocycles. The van der Waals surface area contributed by atoms with Crippen molar-refractivity contribution >= 4 is 10.9 Å². The number of alkyl halides is 2. The summed E-state index contributed by atoms with van der Waals surface area (Å²) in [5.74, 6) is 0.398. The summed E-state index contributed by atoms with van der Waals surface area (Å²) in [5.41, 5.74) is -0.569. The number of aliphatic hydroxyl groups is 1. The van der Waals surface area contributed by atoms with Gasteiger partial charge in [0.15, 0.2) is 0 Å². The second-order valence-electron chi connectivity index (χ2n) is 7.50. The molecule has 1 aromatic heterocycles. The third-order valence-corrected chi connectivity index (χ3v) is 5.66. The van der Waals surface area contributed by atoms with Gasteiger partial charge in [-0.05, 0) is 50.8 Å². The molecule has 2 aromatic rings. The summed E-state index contributed by atoms with van der Waals surface area (Å²) in [5, 5.41) is 10.9. The molecule has 2 fully saturated rings. The minimum absolute atomic E-state index is 0.212. The van der Waals surface area contributed by atoms with Crippen molar-refractivity contribution in [2.45, 2.75) is 56.7 Å². The number of rotatable bonds is 5. The second kappa shape index (κ2) is 6.70. The Morgan fingerprint density at radius 3 is 2.73 bits per heavy atom. The first-order valence-corrected chi connectivity index (χ1v) is 9.21. The quantitative estimate of drug-likeness (QED) is 0.887. The lowest BCUT2D eigenvalue weighted by Gasteiger charge is -2.41. The van der Waals surface area contributed by atoms with E-state index in [0.717, 1.165) is 43.2 Å². The molecular formula is C19H23F2N3O2. The predicted octanol–water partition coefficient (Wildman–Crippen LogP) is 2.71.